The van der Waals surface area contributed by atoms with E-state index in [0.717, 1.165) is 42.7 Å². The maximum absolute atomic E-state index is 12.6. The van der Waals surface area contributed by atoms with Crippen LogP contribution in [0.5, 0.6) is 0 Å². The number of aliphatic imine (C=N–C) groups is 1. The standard InChI is InChI=1S/C18H28N6O3S/c1-4-7-24-16(26)14(15(25)21-17(24)27)13(5-2)20-6-8-22-9-11-23(12-10-22)18(28)19-3/h4,14H,1,5-12H2,2-3H3,(H,19,28)(H,21,25,27)/p+1. The van der Waals surface area contributed by atoms with Crippen LogP contribution in [0.2, 0.25) is 0 Å². The number of nitrogens with zero attached hydrogens (tertiary/aromatic N) is 3. The Morgan fingerprint density at radius 3 is 2.64 bits per heavy atom. The van der Waals surface area contributed by atoms with Crippen molar-refractivity contribution in [2.24, 2.45) is 10.9 Å². The van der Waals surface area contributed by atoms with E-state index < -0.39 is 23.8 Å². The third kappa shape index (κ3) is 5.14. The number of amides is 4. The summed E-state index contributed by atoms with van der Waals surface area (Å²) in [5.41, 5.74) is 0.512. The lowest BCUT2D eigenvalue weighted by molar-refractivity contribution is -0.902. The van der Waals surface area contributed by atoms with Gasteiger partial charge in [0, 0.05) is 19.3 Å². The third-order valence-electron chi connectivity index (χ3n) is 5.01. The number of piperazine rings is 1. The third-order valence-corrected chi connectivity index (χ3v) is 5.47. The summed E-state index contributed by atoms with van der Waals surface area (Å²) < 4.78 is 0. The Bertz CT molecular complexity index is 672. The molecule has 9 nitrogen and oxygen atoms in total. The largest absolute Gasteiger partial charge is 0.366 e. The van der Waals surface area contributed by atoms with E-state index in [1.807, 2.05) is 14.0 Å². The Hall–Kier alpha value is -2.33. The molecule has 0 spiro atoms. The van der Waals surface area contributed by atoms with E-state index in [4.69, 9.17) is 12.2 Å². The lowest BCUT2D eigenvalue weighted by Gasteiger charge is -2.33. The van der Waals surface area contributed by atoms with Crippen molar-refractivity contribution in [3.05, 3.63) is 12.7 Å². The second-order valence-electron chi connectivity index (χ2n) is 6.73. The summed E-state index contributed by atoms with van der Waals surface area (Å²) in [6.07, 6.45) is 1.93. The molecular weight excluding hydrogens is 380 g/mol. The summed E-state index contributed by atoms with van der Waals surface area (Å²) >= 11 is 5.26. The predicted molar refractivity (Wildman–Crippen MR) is 110 cm³/mol. The fourth-order valence-corrected chi connectivity index (χ4v) is 3.59. The minimum atomic E-state index is -1.04. The molecule has 2 heterocycles. The Balaban J connectivity index is 1.95. The molecule has 0 aliphatic carbocycles. The van der Waals surface area contributed by atoms with Crippen LogP contribution in [-0.4, -0.2) is 91.3 Å². The molecule has 3 N–H and O–H groups in total. The van der Waals surface area contributed by atoms with Crippen molar-refractivity contribution < 1.29 is 19.3 Å². The first-order chi connectivity index (χ1) is 13.4. The molecule has 10 heteroatoms. The van der Waals surface area contributed by atoms with Crippen molar-refractivity contribution in [2.75, 3.05) is 52.9 Å². The van der Waals surface area contributed by atoms with Gasteiger partial charge in [0.2, 0.25) is 11.8 Å². The van der Waals surface area contributed by atoms with Gasteiger partial charge in [0.05, 0.1) is 39.3 Å². The van der Waals surface area contributed by atoms with Crippen LogP contribution in [0, 0.1) is 5.92 Å². The molecule has 154 valence electrons. The fourth-order valence-electron chi connectivity index (χ4n) is 3.41. The quantitative estimate of drug-likeness (QED) is 0.203. The van der Waals surface area contributed by atoms with E-state index in [2.05, 4.69) is 27.1 Å². The number of barbiturate groups is 1. The summed E-state index contributed by atoms with van der Waals surface area (Å²) in [5.74, 6) is -2.17. The summed E-state index contributed by atoms with van der Waals surface area (Å²) in [5, 5.41) is 6.01. The molecule has 2 aliphatic heterocycles. The number of urea groups is 1. The lowest BCUT2D eigenvalue weighted by atomic mass is 9.96. The number of imide groups is 2. The molecule has 0 radical (unpaired) electrons. The van der Waals surface area contributed by atoms with Gasteiger partial charge in [-0.05, 0) is 18.6 Å². The molecule has 2 fully saturated rings. The first kappa shape index (κ1) is 22.0. The highest BCUT2D eigenvalue weighted by Crippen LogP contribution is 2.14. The lowest BCUT2D eigenvalue weighted by Crippen LogP contribution is -3.15. The van der Waals surface area contributed by atoms with Gasteiger partial charge in [0.1, 0.15) is 0 Å². The molecule has 4 amide bonds. The number of carbonyl (C=O) groups excluding carboxylic acids is 3. The number of rotatable bonds is 7. The molecule has 2 aliphatic rings. The van der Waals surface area contributed by atoms with Gasteiger partial charge in [-0.3, -0.25) is 24.8 Å². The van der Waals surface area contributed by atoms with Crippen molar-refractivity contribution in [1.82, 2.24) is 20.4 Å². The van der Waals surface area contributed by atoms with E-state index in [-0.39, 0.29) is 6.54 Å². The molecule has 1 atom stereocenters. The molecule has 0 aromatic carbocycles. The Labute approximate surface area is 170 Å². The number of hydrogen-bond donors (Lipinski definition) is 3. The fraction of sp³-hybridized carbons (Fsp3) is 0.611. The molecule has 2 rings (SSSR count). The van der Waals surface area contributed by atoms with Crippen molar-refractivity contribution >= 4 is 40.9 Å². The van der Waals surface area contributed by atoms with Crippen LogP contribution in [-0.2, 0) is 9.59 Å². The van der Waals surface area contributed by atoms with Gasteiger partial charge >= 0.3 is 6.03 Å². The summed E-state index contributed by atoms with van der Waals surface area (Å²) in [7, 11) is 1.83. The molecule has 1 unspecified atom stereocenters. The van der Waals surface area contributed by atoms with E-state index >= 15 is 0 Å². The number of carbonyl (C=O) groups is 3. The predicted octanol–water partition coefficient (Wildman–Crippen LogP) is -1.58. The zero-order valence-corrected chi connectivity index (χ0v) is 17.3. The summed E-state index contributed by atoms with van der Waals surface area (Å²) in [6.45, 7) is 10.5. The SMILES string of the molecule is C=CCN1C(=O)NC(=O)C(C(CC)=NCC[NH+]2CCN(C(=S)NC)CC2)C1=O. The number of thiocarbonyl (C=S) groups is 1. The van der Waals surface area contributed by atoms with Gasteiger partial charge in [-0.1, -0.05) is 13.0 Å². The molecule has 0 bridgehead atoms. The number of quaternary nitrogens is 1. The second-order valence-corrected chi connectivity index (χ2v) is 7.12. The van der Waals surface area contributed by atoms with E-state index in [1.165, 1.54) is 11.0 Å². The molecule has 28 heavy (non-hydrogen) atoms. The van der Waals surface area contributed by atoms with Crippen LogP contribution in [0.15, 0.2) is 17.6 Å². The second kappa shape index (κ2) is 10.3. The minimum Gasteiger partial charge on any atom is -0.366 e. The highest BCUT2D eigenvalue weighted by Gasteiger charge is 2.42. The maximum Gasteiger partial charge on any atom is 0.331 e. The van der Waals surface area contributed by atoms with Crippen LogP contribution in [0.25, 0.3) is 0 Å². The zero-order chi connectivity index (χ0) is 20.7. The molecule has 0 saturated carbocycles. The van der Waals surface area contributed by atoms with Crippen molar-refractivity contribution in [1.29, 1.82) is 0 Å². The topological polar surface area (TPSA) is 98.6 Å². The monoisotopic (exact) mass is 409 g/mol. The van der Waals surface area contributed by atoms with E-state index in [9.17, 15) is 14.4 Å². The molecule has 0 aromatic rings. The van der Waals surface area contributed by atoms with Crippen LogP contribution in [0.1, 0.15) is 13.3 Å². The van der Waals surface area contributed by atoms with Gasteiger partial charge in [0.15, 0.2) is 11.0 Å². The minimum absolute atomic E-state index is 0.0638. The van der Waals surface area contributed by atoms with Gasteiger partial charge < -0.3 is 15.1 Å². The average molecular weight is 410 g/mol. The maximum atomic E-state index is 12.6. The average Bonchev–Trinajstić information content (AvgIpc) is 2.69. The number of hydrogen-bond acceptors (Lipinski definition) is 5. The summed E-state index contributed by atoms with van der Waals surface area (Å²) in [4.78, 5) is 45.8. The van der Waals surface area contributed by atoms with Crippen LogP contribution in [0.3, 0.4) is 0 Å². The Kier molecular flexibility index (Phi) is 8.06. The van der Waals surface area contributed by atoms with Crippen LogP contribution >= 0.6 is 12.2 Å². The summed E-state index contributed by atoms with van der Waals surface area (Å²) in [6, 6.07) is -0.705. The van der Waals surface area contributed by atoms with Crippen LogP contribution < -0.4 is 15.5 Å². The van der Waals surface area contributed by atoms with E-state index in [0.29, 0.717) is 18.7 Å². The first-order valence-electron chi connectivity index (χ1n) is 9.53. The van der Waals surface area contributed by atoms with Crippen LogP contribution in [0.4, 0.5) is 4.79 Å². The Morgan fingerprint density at radius 1 is 1.39 bits per heavy atom. The molecule has 0 aromatic heterocycles. The van der Waals surface area contributed by atoms with Crippen molar-refractivity contribution in [2.45, 2.75) is 13.3 Å². The van der Waals surface area contributed by atoms with Crippen molar-refractivity contribution in [3.63, 3.8) is 0 Å². The highest BCUT2D eigenvalue weighted by atomic mass is 32.1. The van der Waals surface area contributed by atoms with Gasteiger partial charge in [-0.15, -0.1) is 6.58 Å². The highest BCUT2D eigenvalue weighted by molar-refractivity contribution is 7.80. The van der Waals surface area contributed by atoms with Gasteiger partial charge in [0.25, 0.3) is 0 Å². The van der Waals surface area contributed by atoms with Gasteiger partial charge in [-0.2, -0.15) is 0 Å². The van der Waals surface area contributed by atoms with E-state index in [1.54, 1.807) is 0 Å². The number of nitrogens with one attached hydrogen (secondary N) is 3. The Morgan fingerprint density at radius 2 is 2.07 bits per heavy atom. The molecule has 2 saturated heterocycles. The molecular formula is C18H29N6O3S+. The first-order valence-corrected chi connectivity index (χ1v) is 9.94. The van der Waals surface area contributed by atoms with Crippen molar-refractivity contribution in [3.8, 4) is 0 Å². The normalized spacial score (nSPS) is 21.6. The smallest absolute Gasteiger partial charge is 0.331 e. The zero-order valence-electron chi connectivity index (χ0n) is 16.5. The van der Waals surface area contributed by atoms with Gasteiger partial charge in [-0.25, -0.2) is 4.79 Å².